The molecule has 1 aliphatic carbocycles. The third-order valence-electron chi connectivity index (χ3n) is 5.92. The largest absolute Gasteiger partial charge is 0.433 e. The first-order valence-electron chi connectivity index (χ1n) is 11.5. The summed E-state index contributed by atoms with van der Waals surface area (Å²) in [5, 5.41) is 2.61. The number of carbonyl (C=O) groups is 3. The predicted octanol–water partition coefficient (Wildman–Crippen LogP) is 2.20. The molecule has 1 aliphatic heterocycles. The number of ether oxygens (including phenoxy) is 2. The number of alkyl halides is 2. The number of benzene rings is 1. The molecule has 9 nitrogen and oxygen atoms in total. The average molecular weight is 483 g/mol. The fourth-order valence-corrected chi connectivity index (χ4v) is 4.22. The number of primary amides is 1. The summed E-state index contributed by atoms with van der Waals surface area (Å²) in [5.74, 6) is -1.48. The number of amides is 3. The summed E-state index contributed by atoms with van der Waals surface area (Å²) >= 11 is 0. The maximum absolute atomic E-state index is 13.1. The monoisotopic (exact) mass is 482 g/mol. The third-order valence-corrected chi connectivity index (χ3v) is 5.92. The molecule has 1 saturated heterocycles. The second-order valence-electron chi connectivity index (χ2n) is 9.10. The molecule has 0 radical (unpaired) electrons. The number of hydrogen-bond acceptors (Lipinski definition) is 6. The average Bonchev–Trinajstić information content (AvgIpc) is 2.70. The lowest BCUT2D eigenvalue weighted by molar-refractivity contribution is -0.133. The Morgan fingerprint density at radius 1 is 1.32 bits per heavy atom. The zero-order chi connectivity index (χ0) is 24.8. The van der Waals surface area contributed by atoms with E-state index in [9.17, 15) is 23.2 Å². The normalized spacial score (nSPS) is 17.7. The van der Waals surface area contributed by atoms with E-state index in [1.165, 1.54) is 23.1 Å². The summed E-state index contributed by atoms with van der Waals surface area (Å²) in [5.41, 5.74) is 5.90. The van der Waals surface area contributed by atoms with Crippen LogP contribution in [0.25, 0.3) is 0 Å². The Hall–Kier alpha value is -2.79. The Bertz CT molecular complexity index is 894. The summed E-state index contributed by atoms with van der Waals surface area (Å²) in [7, 11) is 0. The van der Waals surface area contributed by atoms with Crippen LogP contribution in [-0.2, 0) is 19.1 Å². The molecule has 3 rings (SSSR count). The Balaban J connectivity index is 1.82. The van der Waals surface area contributed by atoms with E-state index in [-0.39, 0.29) is 42.8 Å². The van der Waals surface area contributed by atoms with Crippen molar-refractivity contribution in [2.24, 2.45) is 17.6 Å². The fraction of sp³-hybridized carbons (Fsp3) is 0.609. The van der Waals surface area contributed by atoms with Crippen LogP contribution in [0.2, 0.25) is 0 Å². The zero-order valence-corrected chi connectivity index (χ0v) is 19.5. The Morgan fingerprint density at radius 3 is 2.62 bits per heavy atom. The van der Waals surface area contributed by atoms with Crippen molar-refractivity contribution >= 4 is 29.1 Å². The van der Waals surface area contributed by atoms with Gasteiger partial charge in [0, 0.05) is 31.4 Å². The molecular formula is C23H32F2N4O5. The van der Waals surface area contributed by atoms with Crippen molar-refractivity contribution in [3.05, 3.63) is 18.2 Å². The van der Waals surface area contributed by atoms with Gasteiger partial charge in [0.2, 0.25) is 5.91 Å². The first-order chi connectivity index (χ1) is 16.2. The van der Waals surface area contributed by atoms with E-state index < -0.39 is 30.4 Å². The SMILES string of the molecule is CC(C)CN(CC1CCC1)[C@H](C(N)=O)C(=O)Nc1ccc(N2CCOCC2=O)c(OC(F)F)c1. The van der Waals surface area contributed by atoms with Crippen molar-refractivity contribution in [3.63, 3.8) is 0 Å². The van der Waals surface area contributed by atoms with E-state index in [1.54, 1.807) is 4.90 Å². The number of nitrogens with two attached hydrogens (primary N) is 1. The Labute approximate surface area is 197 Å². The van der Waals surface area contributed by atoms with Crippen molar-refractivity contribution in [3.8, 4) is 5.75 Å². The van der Waals surface area contributed by atoms with Gasteiger partial charge in [-0.3, -0.25) is 19.3 Å². The minimum Gasteiger partial charge on any atom is -0.433 e. The molecule has 2 aliphatic rings. The highest BCUT2D eigenvalue weighted by Gasteiger charge is 2.34. The van der Waals surface area contributed by atoms with Crippen LogP contribution in [-0.4, -0.2) is 68.1 Å². The third kappa shape index (κ3) is 6.63. The molecule has 0 unspecified atom stereocenters. The van der Waals surface area contributed by atoms with Gasteiger partial charge in [0.05, 0.1) is 12.3 Å². The van der Waals surface area contributed by atoms with Gasteiger partial charge in [0.15, 0.2) is 11.8 Å². The van der Waals surface area contributed by atoms with Crippen LogP contribution in [0.1, 0.15) is 33.1 Å². The topological polar surface area (TPSA) is 114 Å². The van der Waals surface area contributed by atoms with Gasteiger partial charge < -0.3 is 25.4 Å². The van der Waals surface area contributed by atoms with Crippen LogP contribution in [0, 0.1) is 11.8 Å². The number of carbonyl (C=O) groups excluding carboxylic acids is 3. The summed E-state index contributed by atoms with van der Waals surface area (Å²) in [4.78, 5) is 40.7. The van der Waals surface area contributed by atoms with E-state index in [2.05, 4.69) is 10.1 Å². The number of anilines is 2. The van der Waals surface area contributed by atoms with Crippen LogP contribution in [0.5, 0.6) is 5.75 Å². The van der Waals surface area contributed by atoms with Crippen LogP contribution in [0.15, 0.2) is 18.2 Å². The summed E-state index contributed by atoms with van der Waals surface area (Å²) in [6.07, 6.45) is 3.20. The molecule has 1 aromatic carbocycles. The molecule has 0 aromatic heterocycles. The van der Waals surface area contributed by atoms with Gasteiger partial charge in [-0.2, -0.15) is 8.78 Å². The van der Waals surface area contributed by atoms with Crippen molar-refractivity contribution < 1.29 is 32.6 Å². The summed E-state index contributed by atoms with van der Waals surface area (Å²) in [6.45, 7) is 2.20. The molecule has 1 heterocycles. The molecule has 2 fully saturated rings. The molecule has 1 saturated carbocycles. The molecule has 3 amide bonds. The van der Waals surface area contributed by atoms with Gasteiger partial charge in [-0.1, -0.05) is 20.3 Å². The molecule has 3 N–H and O–H groups in total. The van der Waals surface area contributed by atoms with Gasteiger partial charge in [-0.15, -0.1) is 0 Å². The quantitative estimate of drug-likeness (QED) is 0.468. The number of hydrogen-bond donors (Lipinski definition) is 2. The molecular weight excluding hydrogens is 450 g/mol. The van der Waals surface area contributed by atoms with Gasteiger partial charge in [0.25, 0.3) is 11.8 Å². The first-order valence-corrected chi connectivity index (χ1v) is 11.5. The molecule has 188 valence electrons. The van der Waals surface area contributed by atoms with Gasteiger partial charge in [0.1, 0.15) is 6.61 Å². The number of morpholine rings is 1. The highest BCUT2D eigenvalue weighted by atomic mass is 19.3. The highest BCUT2D eigenvalue weighted by Crippen LogP contribution is 2.34. The van der Waals surface area contributed by atoms with Gasteiger partial charge >= 0.3 is 6.61 Å². The first kappa shape index (κ1) is 25.8. The molecule has 11 heteroatoms. The number of halogens is 2. The van der Waals surface area contributed by atoms with Gasteiger partial charge in [-0.05, 0) is 36.8 Å². The minimum absolute atomic E-state index is 0.143. The molecule has 0 bridgehead atoms. The number of nitrogens with one attached hydrogen (secondary N) is 1. The van der Waals surface area contributed by atoms with Crippen LogP contribution >= 0.6 is 0 Å². The standard InChI is InChI=1S/C23H32F2N4O5/c1-14(2)11-28(12-15-4-3-5-15)20(21(26)31)22(32)27-16-6-7-17(18(10-16)34-23(24)25)29-8-9-33-13-19(29)30/h6-7,10,14-15,20,23H,3-5,8-9,11-13H2,1-2H3,(H2,26,31)(H,27,32)/t20-/m1/s1. The van der Waals surface area contributed by atoms with Crippen molar-refractivity contribution in [2.45, 2.75) is 45.8 Å². The highest BCUT2D eigenvalue weighted by molar-refractivity contribution is 6.09. The van der Waals surface area contributed by atoms with Crippen molar-refractivity contribution in [2.75, 3.05) is 43.1 Å². The number of rotatable bonds is 11. The van der Waals surface area contributed by atoms with E-state index in [4.69, 9.17) is 10.5 Å². The van der Waals surface area contributed by atoms with E-state index in [0.717, 1.165) is 19.3 Å². The maximum atomic E-state index is 13.1. The van der Waals surface area contributed by atoms with Gasteiger partial charge in [-0.25, -0.2) is 0 Å². The summed E-state index contributed by atoms with van der Waals surface area (Å²) in [6, 6.07) is 2.88. The Kier molecular flexibility index (Phi) is 8.78. The van der Waals surface area contributed by atoms with E-state index >= 15 is 0 Å². The van der Waals surface area contributed by atoms with Crippen LogP contribution in [0.3, 0.4) is 0 Å². The second kappa shape index (κ2) is 11.6. The maximum Gasteiger partial charge on any atom is 0.387 e. The lowest BCUT2D eigenvalue weighted by Crippen LogP contribution is -2.54. The van der Waals surface area contributed by atoms with E-state index in [0.29, 0.717) is 19.0 Å². The summed E-state index contributed by atoms with van der Waals surface area (Å²) < 4.78 is 35.9. The zero-order valence-electron chi connectivity index (χ0n) is 19.5. The molecule has 0 spiro atoms. The lowest BCUT2D eigenvalue weighted by atomic mass is 9.84. The van der Waals surface area contributed by atoms with Crippen LogP contribution < -0.4 is 20.7 Å². The molecule has 1 aromatic rings. The smallest absolute Gasteiger partial charge is 0.387 e. The minimum atomic E-state index is -3.14. The fourth-order valence-electron chi connectivity index (χ4n) is 4.22. The van der Waals surface area contributed by atoms with E-state index in [1.807, 2.05) is 13.8 Å². The molecule has 1 atom stereocenters. The van der Waals surface area contributed by atoms with Crippen LogP contribution in [0.4, 0.5) is 20.2 Å². The van der Waals surface area contributed by atoms with Crippen molar-refractivity contribution in [1.29, 1.82) is 0 Å². The Morgan fingerprint density at radius 2 is 2.06 bits per heavy atom. The second-order valence-corrected chi connectivity index (χ2v) is 9.10. The predicted molar refractivity (Wildman–Crippen MR) is 122 cm³/mol. The number of nitrogens with zero attached hydrogens (tertiary/aromatic N) is 2. The molecule has 34 heavy (non-hydrogen) atoms. The van der Waals surface area contributed by atoms with Crippen molar-refractivity contribution in [1.82, 2.24) is 4.90 Å². The lowest BCUT2D eigenvalue weighted by Gasteiger charge is -2.36.